The van der Waals surface area contributed by atoms with Crippen molar-refractivity contribution in [3.63, 3.8) is 0 Å². The zero-order chi connectivity index (χ0) is 20.9. The molecule has 10 heteroatoms. The number of alkyl halides is 3. The van der Waals surface area contributed by atoms with Crippen molar-refractivity contribution in [1.82, 2.24) is 15.6 Å². The van der Waals surface area contributed by atoms with Crippen molar-refractivity contribution in [3.05, 3.63) is 46.4 Å². The van der Waals surface area contributed by atoms with Crippen LogP contribution in [0.3, 0.4) is 0 Å². The summed E-state index contributed by atoms with van der Waals surface area (Å²) in [6, 6.07) is 9.36. The number of thiazole rings is 1. The monoisotopic (exact) mass is 425 g/mol. The molecule has 0 bridgehead atoms. The molecule has 1 unspecified atom stereocenters. The number of benzene rings is 1. The first-order valence-corrected chi connectivity index (χ1v) is 10.2. The van der Waals surface area contributed by atoms with Crippen LogP contribution in [0.15, 0.2) is 40.7 Å². The van der Waals surface area contributed by atoms with E-state index in [2.05, 4.69) is 20.6 Å². The lowest BCUT2D eigenvalue weighted by atomic mass is 10.2. The summed E-state index contributed by atoms with van der Waals surface area (Å²) in [4.78, 5) is 22.1. The van der Waals surface area contributed by atoms with Gasteiger partial charge in [0, 0.05) is 43.5 Å². The van der Waals surface area contributed by atoms with E-state index in [1.54, 1.807) is 4.90 Å². The number of carbonyl (C=O) groups excluding carboxylic acids is 1. The van der Waals surface area contributed by atoms with Crippen molar-refractivity contribution < 1.29 is 18.0 Å². The van der Waals surface area contributed by atoms with Crippen LogP contribution in [0, 0.1) is 0 Å². The van der Waals surface area contributed by atoms with Crippen LogP contribution in [0.4, 0.5) is 18.9 Å². The molecule has 1 aliphatic rings. The summed E-state index contributed by atoms with van der Waals surface area (Å²) < 4.78 is 37.9. The number of hydrogen-bond acceptors (Lipinski definition) is 4. The molecule has 0 saturated carbocycles. The standard InChI is InChI=1S/C19H22F3N5OS/c1-2-23-18(24-9-8-16-26-15(12-29-16)19(20,21)22)25-13-10-17(28)27(11-13)14-6-4-3-5-7-14/h3-7,12-13H,2,8-11H2,1H3,(H2,23,24,25). The van der Waals surface area contributed by atoms with Crippen molar-refractivity contribution in [2.24, 2.45) is 4.99 Å². The maximum absolute atomic E-state index is 12.6. The first-order valence-electron chi connectivity index (χ1n) is 9.28. The highest BCUT2D eigenvalue weighted by Crippen LogP contribution is 2.30. The Morgan fingerprint density at radius 3 is 2.76 bits per heavy atom. The fraction of sp³-hybridized carbons (Fsp3) is 0.421. The average molecular weight is 425 g/mol. The Morgan fingerprint density at radius 1 is 1.34 bits per heavy atom. The zero-order valence-corrected chi connectivity index (χ0v) is 16.7. The molecule has 6 nitrogen and oxygen atoms in total. The summed E-state index contributed by atoms with van der Waals surface area (Å²) in [6.07, 6.45) is -3.76. The normalized spacial score (nSPS) is 17.7. The van der Waals surface area contributed by atoms with Crippen LogP contribution in [0.1, 0.15) is 24.0 Å². The Balaban J connectivity index is 1.57. The molecule has 1 atom stereocenters. The molecule has 2 aromatic rings. The van der Waals surface area contributed by atoms with Gasteiger partial charge in [-0.1, -0.05) is 18.2 Å². The average Bonchev–Trinajstić information content (AvgIpc) is 3.29. The molecule has 1 aliphatic heterocycles. The van der Waals surface area contributed by atoms with Gasteiger partial charge in [0.1, 0.15) is 0 Å². The van der Waals surface area contributed by atoms with Gasteiger partial charge in [0.2, 0.25) is 5.91 Å². The second-order valence-corrected chi connectivity index (χ2v) is 7.46. The Bertz CT molecular complexity index is 853. The number of aliphatic imine (C=N–C) groups is 1. The molecule has 156 valence electrons. The van der Waals surface area contributed by atoms with E-state index in [1.165, 1.54) is 0 Å². The molecule has 0 aliphatic carbocycles. The summed E-state index contributed by atoms with van der Waals surface area (Å²) in [5.74, 6) is 0.569. The molecule has 1 fully saturated rings. The molecular formula is C19H22F3N5OS. The third-order valence-corrected chi connectivity index (χ3v) is 5.22. The van der Waals surface area contributed by atoms with Gasteiger partial charge in [0.25, 0.3) is 0 Å². The molecule has 29 heavy (non-hydrogen) atoms. The maximum atomic E-state index is 12.6. The first kappa shape index (κ1) is 21.1. The number of nitrogens with one attached hydrogen (secondary N) is 2. The molecular weight excluding hydrogens is 403 g/mol. The van der Waals surface area contributed by atoms with Crippen molar-refractivity contribution in [3.8, 4) is 0 Å². The maximum Gasteiger partial charge on any atom is 0.434 e. The largest absolute Gasteiger partial charge is 0.434 e. The van der Waals surface area contributed by atoms with Crippen LogP contribution in [0.2, 0.25) is 0 Å². The van der Waals surface area contributed by atoms with Gasteiger partial charge in [0.15, 0.2) is 11.7 Å². The third-order valence-electron chi connectivity index (χ3n) is 4.32. The number of anilines is 1. The quantitative estimate of drug-likeness (QED) is 0.551. The summed E-state index contributed by atoms with van der Waals surface area (Å²) in [5, 5.41) is 7.76. The van der Waals surface area contributed by atoms with Crippen LogP contribution in [-0.4, -0.2) is 42.5 Å². The van der Waals surface area contributed by atoms with Crippen LogP contribution in [-0.2, 0) is 17.4 Å². The lowest BCUT2D eigenvalue weighted by molar-refractivity contribution is -0.140. The van der Waals surface area contributed by atoms with E-state index in [0.717, 1.165) is 22.4 Å². The lowest BCUT2D eigenvalue weighted by Gasteiger charge is -2.19. The SMILES string of the molecule is CCNC(=NCCc1nc(C(F)(F)F)cs1)NC1CC(=O)N(c2ccccc2)C1. The van der Waals surface area contributed by atoms with E-state index >= 15 is 0 Å². The van der Waals surface area contributed by atoms with Gasteiger partial charge in [-0.25, -0.2) is 4.98 Å². The highest BCUT2D eigenvalue weighted by atomic mass is 32.1. The van der Waals surface area contributed by atoms with Crippen molar-refractivity contribution in [2.45, 2.75) is 32.0 Å². The topological polar surface area (TPSA) is 69.6 Å². The predicted molar refractivity (Wildman–Crippen MR) is 107 cm³/mol. The molecule has 0 radical (unpaired) electrons. The molecule has 1 aromatic heterocycles. The van der Waals surface area contributed by atoms with E-state index in [4.69, 9.17) is 0 Å². The number of para-hydroxylation sites is 1. The van der Waals surface area contributed by atoms with E-state index in [9.17, 15) is 18.0 Å². The lowest BCUT2D eigenvalue weighted by Crippen LogP contribution is -2.44. The molecule has 2 N–H and O–H groups in total. The predicted octanol–water partition coefficient (Wildman–Crippen LogP) is 3.07. The minimum absolute atomic E-state index is 0.0343. The number of rotatable bonds is 6. The highest BCUT2D eigenvalue weighted by molar-refractivity contribution is 7.09. The van der Waals surface area contributed by atoms with Crippen molar-refractivity contribution in [1.29, 1.82) is 0 Å². The summed E-state index contributed by atoms with van der Waals surface area (Å²) in [6.45, 7) is 3.37. The number of halogens is 3. The Labute approximate surface area is 170 Å². The summed E-state index contributed by atoms with van der Waals surface area (Å²) in [5.41, 5.74) is -0.00930. The number of amides is 1. The van der Waals surface area contributed by atoms with Crippen molar-refractivity contribution >= 4 is 28.9 Å². The van der Waals surface area contributed by atoms with E-state index in [1.807, 2.05) is 37.3 Å². The van der Waals surface area contributed by atoms with Gasteiger partial charge in [-0.05, 0) is 19.1 Å². The number of hydrogen-bond donors (Lipinski definition) is 2. The Hall–Kier alpha value is -2.62. The minimum Gasteiger partial charge on any atom is -0.357 e. The fourth-order valence-corrected chi connectivity index (χ4v) is 3.79. The summed E-state index contributed by atoms with van der Waals surface area (Å²) >= 11 is 0.980. The molecule has 1 aromatic carbocycles. The highest BCUT2D eigenvalue weighted by Gasteiger charge is 2.33. The summed E-state index contributed by atoms with van der Waals surface area (Å²) in [7, 11) is 0. The van der Waals surface area contributed by atoms with Crippen LogP contribution >= 0.6 is 11.3 Å². The molecule has 0 spiro atoms. The van der Waals surface area contributed by atoms with Gasteiger partial charge >= 0.3 is 6.18 Å². The number of carbonyl (C=O) groups is 1. The van der Waals surface area contributed by atoms with E-state index < -0.39 is 11.9 Å². The van der Waals surface area contributed by atoms with Gasteiger partial charge in [-0.15, -0.1) is 11.3 Å². The third kappa shape index (κ3) is 5.69. The van der Waals surface area contributed by atoms with Gasteiger partial charge in [-0.3, -0.25) is 9.79 Å². The second kappa shape index (κ2) is 9.25. The first-order chi connectivity index (χ1) is 13.9. The number of nitrogens with zero attached hydrogens (tertiary/aromatic N) is 3. The fourth-order valence-electron chi connectivity index (χ4n) is 2.99. The number of guanidine groups is 1. The molecule has 3 rings (SSSR count). The van der Waals surface area contributed by atoms with Gasteiger partial charge in [0.05, 0.1) is 11.0 Å². The molecule has 1 amide bonds. The van der Waals surface area contributed by atoms with Crippen LogP contribution in [0.25, 0.3) is 0 Å². The van der Waals surface area contributed by atoms with E-state index in [-0.39, 0.29) is 11.9 Å². The van der Waals surface area contributed by atoms with Crippen LogP contribution < -0.4 is 15.5 Å². The second-order valence-electron chi connectivity index (χ2n) is 6.52. The number of aromatic nitrogens is 1. The molecule has 2 heterocycles. The van der Waals surface area contributed by atoms with Gasteiger partial charge in [-0.2, -0.15) is 13.2 Å². The van der Waals surface area contributed by atoms with Gasteiger partial charge < -0.3 is 15.5 Å². The smallest absolute Gasteiger partial charge is 0.357 e. The Kier molecular flexibility index (Phi) is 6.73. The van der Waals surface area contributed by atoms with Crippen LogP contribution in [0.5, 0.6) is 0 Å². The molecule has 1 saturated heterocycles. The van der Waals surface area contributed by atoms with E-state index in [0.29, 0.717) is 43.4 Å². The zero-order valence-electron chi connectivity index (χ0n) is 15.9. The Morgan fingerprint density at radius 2 is 2.10 bits per heavy atom. The van der Waals surface area contributed by atoms with Crippen molar-refractivity contribution in [2.75, 3.05) is 24.5 Å². The minimum atomic E-state index is -4.42.